The van der Waals surface area contributed by atoms with Gasteiger partial charge in [-0.15, -0.1) is 5.54 Å². The number of methoxy groups -OCH3 is 1. The lowest BCUT2D eigenvalue weighted by molar-refractivity contribution is 0.0599. The Morgan fingerprint density at radius 2 is 1.85 bits per heavy atom. The van der Waals surface area contributed by atoms with Gasteiger partial charge in [-0.1, -0.05) is 32.8 Å². The summed E-state index contributed by atoms with van der Waals surface area (Å²) in [7, 11) is -0.0889. The van der Waals surface area contributed by atoms with Crippen molar-refractivity contribution in [3.63, 3.8) is 0 Å². The topological polar surface area (TPSA) is 26.3 Å². The molecule has 0 aliphatic carbocycles. The quantitative estimate of drug-likeness (QED) is 0.448. The second-order valence-corrected chi connectivity index (χ2v) is 10.5. The van der Waals surface area contributed by atoms with Crippen LogP contribution in [-0.4, -0.2) is 21.2 Å². The minimum Gasteiger partial charge on any atom is -0.465 e. The van der Waals surface area contributed by atoms with Crippen molar-refractivity contribution in [3.05, 3.63) is 33.8 Å². The van der Waals surface area contributed by atoms with Crippen molar-refractivity contribution in [3.8, 4) is 11.5 Å². The Morgan fingerprint density at radius 3 is 2.35 bits per heavy atom. The molecule has 0 unspecified atom stereocenters. The maximum Gasteiger partial charge on any atom is 0.339 e. The van der Waals surface area contributed by atoms with Crippen LogP contribution in [0.25, 0.3) is 0 Å². The zero-order valence-corrected chi connectivity index (χ0v) is 15.1. The van der Waals surface area contributed by atoms with Crippen molar-refractivity contribution in [1.29, 1.82) is 0 Å². The van der Waals surface area contributed by atoms with Gasteiger partial charge in [0.1, 0.15) is 8.07 Å². The zero-order valence-electron chi connectivity index (χ0n) is 12.5. The Balaban J connectivity index is 3.21. The minimum atomic E-state index is -1.47. The van der Waals surface area contributed by atoms with Gasteiger partial charge in [0.15, 0.2) is 0 Å². The number of carbonyl (C=O) groups is 1. The van der Waals surface area contributed by atoms with Crippen LogP contribution in [-0.2, 0) is 4.74 Å². The van der Waals surface area contributed by atoms with E-state index >= 15 is 0 Å². The number of rotatable bonds is 4. The van der Waals surface area contributed by atoms with Crippen molar-refractivity contribution in [2.45, 2.75) is 38.9 Å². The predicted molar refractivity (Wildman–Crippen MR) is 89.6 cm³/mol. The van der Waals surface area contributed by atoms with E-state index in [1.165, 1.54) is 25.2 Å². The van der Waals surface area contributed by atoms with Gasteiger partial charge < -0.3 is 4.74 Å². The Hall–Kier alpha value is -1.05. The number of halogens is 1. The smallest absolute Gasteiger partial charge is 0.339 e. The normalized spacial score (nSPS) is 10.7. The molecule has 0 spiro atoms. The average molecular weight is 353 g/mol. The summed E-state index contributed by atoms with van der Waals surface area (Å²) >= 11 is 3.47. The summed E-state index contributed by atoms with van der Waals surface area (Å²) in [6.45, 7) is 6.69. The largest absolute Gasteiger partial charge is 0.465 e. The number of carbonyl (C=O) groups excluding carboxylic acids is 1. The van der Waals surface area contributed by atoms with Crippen LogP contribution in [0.15, 0.2) is 22.7 Å². The lowest BCUT2D eigenvalue weighted by atomic mass is 10.1. The van der Waals surface area contributed by atoms with Gasteiger partial charge in [-0.05, 0) is 46.2 Å². The summed E-state index contributed by atoms with van der Waals surface area (Å²) in [5.74, 6) is 2.94. The summed E-state index contributed by atoms with van der Waals surface area (Å²) in [6, 6.07) is 9.02. The number of benzene rings is 1. The fourth-order valence-electron chi connectivity index (χ4n) is 2.11. The zero-order chi connectivity index (χ0) is 15.2. The van der Waals surface area contributed by atoms with Crippen LogP contribution in [0.5, 0.6) is 0 Å². The van der Waals surface area contributed by atoms with E-state index in [2.05, 4.69) is 48.2 Å². The molecule has 0 atom stereocenters. The molecule has 0 heterocycles. The molecule has 0 saturated carbocycles. The Kier molecular flexibility index (Phi) is 6.51. The third-order valence-corrected chi connectivity index (χ3v) is 9.47. The van der Waals surface area contributed by atoms with Crippen molar-refractivity contribution in [2.75, 3.05) is 7.11 Å². The van der Waals surface area contributed by atoms with Crippen molar-refractivity contribution in [2.24, 2.45) is 0 Å². The first-order valence-corrected chi connectivity index (χ1v) is 10.3. The van der Waals surface area contributed by atoms with E-state index in [4.69, 9.17) is 4.74 Å². The summed E-state index contributed by atoms with van der Waals surface area (Å²) in [5.41, 5.74) is 4.92. The van der Waals surface area contributed by atoms with E-state index in [0.29, 0.717) is 5.56 Å². The van der Waals surface area contributed by atoms with Gasteiger partial charge in [-0.25, -0.2) is 4.79 Å². The summed E-state index contributed by atoms with van der Waals surface area (Å²) in [5, 5.41) is 0. The first-order chi connectivity index (χ1) is 9.53. The highest BCUT2D eigenvalue weighted by Crippen LogP contribution is 2.23. The molecule has 4 heteroatoms. The van der Waals surface area contributed by atoms with Crippen LogP contribution in [0.4, 0.5) is 0 Å². The summed E-state index contributed by atoms with van der Waals surface area (Å²) in [6.07, 6.45) is 0. The van der Waals surface area contributed by atoms with E-state index in [1.54, 1.807) is 6.07 Å². The molecule has 108 valence electrons. The fraction of sp³-hybridized carbons (Fsp3) is 0.438. The fourth-order valence-corrected chi connectivity index (χ4v) is 5.07. The van der Waals surface area contributed by atoms with E-state index in [-0.39, 0.29) is 5.97 Å². The van der Waals surface area contributed by atoms with Crippen molar-refractivity contribution >= 4 is 30.0 Å². The monoisotopic (exact) mass is 352 g/mol. The maximum absolute atomic E-state index is 11.7. The molecular formula is C16H21BrO2Si. The first kappa shape index (κ1) is 17.0. The molecule has 1 rings (SSSR count). The Bertz CT molecular complexity index is 531. The molecule has 1 aromatic carbocycles. The van der Waals surface area contributed by atoms with Crippen LogP contribution >= 0.6 is 15.9 Å². The van der Waals surface area contributed by atoms with Gasteiger partial charge in [0.2, 0.25) is 0 Å². The van der Waals surface area contributed by atoms with Crippen molar-refractivity contribution in [1.82, 2.24) is 0 Å². The van der Waals surface area contributed by atoms with Crippen LogP contribution < -0.4 is 0 Å². The van der Waals surface area contributed by atoms with Gasteiger partial charge in [0, 0.05) is 10.0 Å². The van der Waals surface area contributed by atoms with E-state index in [1.807, 2.05) is 12.1 Å². The third-order valence-electron chi connectivity index (χ3n) is 3.90. The highest BCUT2D eigenvalue weighted by molar-refractivity contribution is 9.10. The third kappa shape index (κ3) is 3.74. The highest BCUT2D eigenvalue weighted by Gasteiger charge is 2.24. The average Bonchev–Trinajstić information content (AvgIpc) is 2.49. The second-order valence-electron chi connectivity index (χ2n) is 4.75. The van der Waals surface area contributed by atoms with Crippen LogP contribution in [0.1, 0.15) is 36.7 Å². The first-order valence-electron chi connectivity index (χ1n) is 6.93. The van der Waals surface area contributed by atoms with Gasteiger partial charge in [0.05, 0.1) is 12.7 Å². The Labute approximate surface area is 131 Å². The molecule has 0 N–H and O–H groups in total. The molecule has 0 aliphatic rings. The molecule has 0 saturated heterocycles. The van der Waals surface area contributed by atoms with E-state index in [9.17, 15) is 4.79 Å². The van der Waals surface area contributed by atoms with Gasteiger partial charge in [-0.2, -0.15) is 0 Å². The van der Waals surface area contributed by atoms with Crippen LogP contribution in [0.2, 0.25) is 18.1 Å². The molecule has 0 aliphatic heterocycles. The highest BCUT2D eigenvalue weighted by atomic mass is 79.9. The van der Waals surface area contributed by atoms with E-state index < -0.39 is 8.07 Å². The molecule has 2 nitrogen and oxygen atoms in total. The molecule has 0 bridgehead atoms. The second kappa shape index (κ2) is 7.66. The number of hydrogen-bond acceptors (Lipinski definition) is 2. The number of hydrogen-bond donors (Lipinski definition) is 0. The number of esters is 1. The van der Waals surface area contributed by atoms with Crippen LogP contribution in [0.3, 0.4) is 0 Å². The van der Waals surface area contributed by atoms with Gasteiger partial charge in [0.25, 0.3) is 0 Å². The maximum atomic E-state index is 11.7. The minimum absolute atomic E-state index is 0.342. The van der Waals surface area contributed by atoms with Crippen LogP contribution in [0, 0.1) is 11.5 Å². The molecule has 0 fully saturated rings. The SMILES string of the molecule is CC[Si](C#Cc1cccc(C(=O)OC)c1Br)(CC)CC. The lowest BCUT2D eigenvalue weighted by Gasteiger charge is -2.20. The van der Waals surface area contributed by atoms with E-state index in [0.717, 1.165) is 10.0 Å². The lowest BCUT2D eigenvalue weighted by Crippen LogP contribution is -2.29. The van der Waals surface area contributed by atoms with Crippen molar-refractivity contribution < 1.29 is 9.53 Å². The molecule has 0 amide bonds. The van der Waals surface area contributed by atoms with Gasteiger partial charge in [-0.3, -0.25) is 0 Å². The summed E-state index contributed by atoms with van der Waals surface area (Å²) < 4.78 is 5.50. The molecular weight excluding hydrogens is 332 g/mol. The predicted octanol–water partition coefficient (Wildman–Crippen LogP) is 4.63. The molecule has 0 aromatic heterocycles. The van der Waals surface area contributed by atoms with Gasteiger partial charge >= 0.3 is 5.97 Å². The molecule has 0 radical (unpaired) electrons. The molecule has 20 heavy (non-hydrogen) atoms. The summed E-state index contributed by atoms with van der Waals surface area (Å²) in [4.78, 5) is 11.7. The number of ether oxygens (including phenoxy) is 1. The molecule has 1 aromatic rings. The Morgan fingerprint density at radius 1 is 1.25 bits per heavy atom. The standard InChI is InChI=1S/C16H21BrO2Si/c1-5-20(6-2,7-3)12-11-13-9-8-10-14(15(13)17)16(18)19-4/h8-10H,5-7H2,1-4H3.